The van der Waals surface area contributed by atoms with Gasteiger partial charge >= 0.3 is 0 Å². The number of aliphatic hydroxyl groups is 1. The molecule has 0 heterocycles. The molecule has 13 heavy (non-hydrogen) atoms. The first-order valence-electron chi connectivity index (χ1n) is 4.57. The molecule has 0 amide bonds. The van der Waals surface area contributed by atoms with Crippen LogP contribution in [0.1, 0.15) is 18.9 Å². The standard InChI is InChI=1S/C11H15IO/c1-9(6-7-13)8-10-2-4-11(12)5-3-10/h2-5,9,13H,6-8H2,1H3. The molecule has 1 atom stereocenters. The number of hydrogen-bond acceptors (Lipinski definition) is 1. The molecule has 1 nitrogen and oxygen atoms in total. The van der Waals surface area contributed by atoms with Gasteiger partial charge in [-0.05, 0) is 59.0 Å². The third kappa shape index (κ3) is 4.09. The lowest BCUT2D eigenvalue weighted by atomic mass is 9.99. The number of hydrogen-bond donors (Lipinski definition) is 1. The zero-order chi connectivity index (χ0) is 9.68. The summed E-state index contributed by atoms with van der Waals surface area (Å²) in [5.74, 6) is 0.574. The quantitative estimate of drug-likeness (QED) is 0.845. The summed E-state index contributed by atoms with van der Waals surface area (Å²) in [6, 6.07) is 8.58. The van der Waals surface area contributed by atoms with Crippen molar-refractivity contribution >= 4 is 22.6 Å². The Hall–Kier alpha value is -0.0900. The van der Waals surface area contributed by atoms with Crippen molar-refractivity contribution in [1.82, 2.24) is 0 Å². The van der Waals surface area contributed by atoms with Crippen LogP contribution in [0.25, 0.3) is 0 Å². The van der Waals surface area contributed by atoms with Crippen molar-refractivity contribution in [3.05, 3.63) is 33.4 Å². The van der Waals surface area contributed by atoms with Crippen molar-refractivity contribution in [3.63, 3.8) is 0 Å². The van der Waals surface area contributed by atoms with Crippen molar-refractivity contribution in [1.29, 1.82) is 0 Å². The van der Waals surface area contributed by atoms with Crippen LogP contribution in [0.15, 0.2) is 24.3 Å². The summed E-state index contributed by atoms with van der Waals surface area (Å²) in [6.45, 7) is 2.47. The number of aliphatic hydroxyl groups excluding tert-OH is 1. The topological polar surface area (TPSA) is 20.2 Å². The van der Waals surface area contributed by atoms with Gasteiger partial charge in [-0.1, -0.05) is 19.1 Å². The second-order valence-corrected chi connectivity index (χ2v) is 4.69. The van der Waals surface area contributed by atoms with Gasteiger partial charge in [0.25, 0.3) is 0 Å². The Labute approximate surface area is 93.3 Å². The fraction of sp³-hybridized carbons (Fsp3) is 0.455. The van der Waals surface area contributed by atoms with E-state index in [2.05, 4.69) is 53.8 Å². The van der Waals surface area contributed by atoms with Gasteiger partial charge in [0, 0.05) is 10.2 Å². The SMILES string of the molecule is CC(CCO)Cc1ccc(I)cc1. The molecule has 0 bridgehead atoms. The largest absolute Gasteiger partial charge is 0.396 e. The normalized spacial score (nSPS) is 12.8. The minimum Gasteiger partial charge on any atom is -0.396 e. The number of halogens is 1. The van der Waals surface area contributed by atoms with E-state index < -0.39 is 0 Å². The summed E-state index contributed by atoms with van der Waals surface area (Å²) in [5, 5.41) is 8.76. The molecule has 1 aromatic carbocycles. The lowest BCUT2D eigenvalue weighted by Gasteiger charge is -2.09. The van der Waals surface area contributed by atoms with Crippen molar-refractivity contribution in [2.24, 2.45) is 5.92 Å². The minimum absolute atomic E-state index is 0.297. The van der Waals surface area contributed by atoms with Crippen LogP contribution in [0.5, 0.6) is 0 Å². The number of benzene rings is 1. The van der Waals surface area contributed by atoms with E-state index in [-0.39, 0.29) is 0 Å². The van der Waals surface area contributed by atoms with Gasteiger partial charge in [0.15, 0.2) is 0 Å². The highest BCUT2D eigenvalue weighted by Gasteiger charge is 2.02. The molecule has 0 aliphatic rings. The monoisotopic (exact) mass is 290 g/mol. The van der Waals surface area contributed by atoms with Crippen molar-refractivity contribution < 1.29 is 5.11 Å². The van der Waals surface area contributed by atoms with E-state index in [4.69, 9.17) is 5.11 Å². The van der Waals surface area contributed by atoms with Gasteiger partial charge in [-0.2, -0.15) is 0 Å². The smallest absolute Gasteiger partial charge is 0.0433 e. The highest BCUT2D eigenvalue weighted by Crippen LogP contribution is 2.13. The molecule has 1 unspecified atom stereocenters. The van der Waals surface area contributed by atoms with E-state index in [0.29, 0.717) is 12.5 Å². The van der Waals surface area contributed by atoms with Crippen molar-refractivity contribution in [2.45, 2.75) is 19.8 Å². The van der Waals surface area contributed by atoms with Gasteiger partial charge in [0.05, 0.1) is 0 Å². The zero-order valence-corrected chi connectivity index (χ0v) is 9.99. The molecule has 0 saturated heterocycles. The third-order valence-corrected chi connectivity index (χ3v) is 2.84. The molecule has 0 radical (unpaired) electrons. The van der Waals surface area contributed by atoms with Gasteiger partial charge < -0.3 is 5.11 Å². The van der Waals surface area contributed by atoms with Crippen LogP contribution in [0.3, 0.4) is 0 Å². The van der Waals surface area contributed by atoms with Crippen molar-refractivity contribution in [2.75, 3.05) is 6.61 Å². The highest BCUT2D eigenvalue weighted by molar-refractivity contribution is 14.1. The van der Waals surface area contributed by atoms with Gasteiger partial charge in [0.1, 0.15) is 0 Å². The van der Waals surface area contributed by atoms with Crippen LogP contribution in [0.2, 0.25) is 0 Å². The van der Waals surface area contributed by atoms with Crippen molar-refractivity contribution in [3.8, 4) is 0 Å². The van der Waals surface area contributed by atoms with Crippen LogP contribution in [0, 0.1) is 9.49 Å². The van der Waals surface area contributed by atoms with Crippen LogP contribution in [-0.2, 0) is 6.42 Å². The molecule has 72 valence electrons. The van der Waals surface area contributed by atoms with E-state index in [1.807, 2.05) is 0 Å². The fourth-order valence-electron chi connectivity index (χ4n) is 1.35. The van der Waals surface area contributed by atoms with Crippen LogP contribution in [-0.4, -0.2) is 11.7 Å². The lowest BCUT2D eigenvalue weighted by molar-refractivity contribution is 0.262. The summed E-state index contributed by atoms with van der Waals surface area (Å²) in [7, 11) is 0. The van der Waals surface area contributed by atoms with Crippen LogP contribution in [0.4, 0.5) is 0 Å². The molecule has 0 aliphatic heterocycles. The molecule has 0 aromatic heterocycles. The third-order valence-electron chi connectivity index (χ3n) is 2.12. The maximum Gasteiger partial charge on any atom is 0.0433 e. The average molecular weight is 290 g/mol. The summed E-state index contributed by atoms with van der Waals surface area (Å²) >= 11 is 2.31. The van der Waals surface area contributed by atoms with Gasteiger partial charge in [-0.25, -0.2) is 0 Å². The predicted molar refractivity (Wildman–Crippen MR) is 63.7 cm³/mol. The first kappa shape index (κ1) is 11.0. The maximum atomic E-state index is 8.76. The Bertz CT molecular complexity index is 243. The Balaban J connectivity index is 2.49. The van der Waals surface area contributed by atoms with E-state index in [1.54, 1.807) is 0 Å². The predicted octanol–water partition coefficient (Wildman–Crippen LogP) is 2.85. The van der Waals surface area contributed by atoms with E-state index in [9.17, 15) is 0 Å². The molecule has 1 N–H and O–H groups in total. The first-order chi connectivity index (χ1) is 6.22. The Morgan fingerprint density at radius 2 is 1.92 bits per heavy atom. The van der Waals surface area contributed by atoms with Crippen LogP contribution >= 0.6 is 22.6 Å². The second kappa shape index (κ2) is 5.60. The maximum absolute atomic E-state index is 8.76. The summed E-state index contributed by atoms with van der Waals surface area (Å²) in [4.78, 5) is 0. The lowest BCUT2D eigenvalue weighted by Crippen LogP contribution is -2.02. The fourth-order valence-corrected chi connectivity index (χ4v) is 1.70. The Kier molecular flexibility index (Phi) is 4.73. The van der Waals surface area contributed by atoms with Gasteiger partial charge in [0.2, 0.25) is 0 Å². The van der Waals surface area contributed by atoms with Gasteiger partial charge in [-0.3, -0.25) is 0 Å². The average Bonchev–Trinajstić information content (AvgIpc) is 2.09. The molecule has 0 aliphatic carbocycles. The molecule has 1 rings (SSSR count). The van der Waals surface area contributed by atoms with Gasteiger partial charge in [-0.15, -0.1) is 0 Å². The Morgan fingerprint density at radius 3 is 2.46 bits per heavy atom. The molecule has 0 spiro atoms. The molecule has 2 heteroatoms. The summed E-state index contributed by atoms with van der Waals surface area (Å²) in [6.07, 6.45) is 1.96. The summed E-state index contributed by atoms with van der Waals surface area (Å²) in [5.41, 5.74) is 1.36. The molecule has 1 aromatic rings. The Morgan fingerprint density at radius 1 is 1.31 bits per heavy atom. The molecular formula is C11H15IO. The second-order valence-electron chi connectivity index (χ2n) is 3.45. The first-order valence-corrected chi connectivity index (χ1v) is 5.65. The zero-order valence-electron chi connectivity index (χ0n) is 7.83. The van der Waals surface area contributed by atoms with E-state index >= 15 is 0 Å². The molecule has 0 fully saturated rings. The van der Waals surface area contributed by atoms with Crippen LogP contribution < -0.4 is 0 Å². The van der Waals surface area contributed by atoms with E-state index in [0.717, 1.165) is 12.8 Å². The summed E-state index contributed by atoms with van der Waals surface area (Å²) < 4.78 is 1.27. The molecule has 0 saturated carbocycles. The molecular weight excluding hydrogens is 275 g/mol. The highest BCUT2D eigenvalue weighted by atomic mass is 127. The van der Waals surface area contributed by atoms with E-state index in [1.165, 1.54) is 9.13 Å². The minimum atomic E-state index is 0.297. The number of rotatable bonds is 4.